The van der Waals surface area contributed by atoms with Crippen molar-refractivity contribution in [2.24, 2.45) is 0 Å². The summed E-state index contributed by atoms with van der Waals surface area (Å²) < 4.78 is 0. The molecule has 0 heterocycles. The van der Waals surface area contributed by atoms with Crippen molar-refractivity contribution in [2.45, 2.75) is 6.92 Å². The highest BCUT2D eigenvalue weighted by Gasteiger charge is 2.06. The van der Waals surface area contributed by atoms with Gasteiger partial charge in [0.15, 0.2) is 0 Å². The average molecular weight is 181 g/mol. The van der Waals surface area contributed by atoms with Crippen LogP contribution in [0.3, 0.4) is 0 Å². The molecule has 0 atom stereocenters. The summed E-state index contributed by atoms with van der Waals surface area (Å²) in [5, 5.41) is 0.265. The van der Waals surface area contributed by atoms with Crippen LogP contribution < -0.4 is 0 Å². The number of allylic oxidation sites excluding steroid dienone is 2. The van der Waals surface area contributed by atoms with Crippen LogP contribution in [0.1, 0.15) is 17.3 Å². The van der Waals surface area contributed by atoms with Crippen molar-refractivity contribution in [2.75, 3.05) is 0 Å². The molecule has 0 aliphatic heterocycles. The van der Waals surface area contributed by atoms with E-state index in [1.807, 2.05) is 18.2 Å². The second kappa shape index (κ2) is 4.07. The number of hydrogen-bond acceptors (Lipinski definition) is 1. The molecule has 0 saturated heterocycles. The van der Waals surface area contributed by atoms with E-state index in [1.165, 1.54) is 0 Å². The van der Waals surface area contributed by atoms with Gasteiger partial charge in [-0.3, -0.25) is 4.79 Å². The Hall–Kier alpha value is -1.08. The summed E-state index contributed by atoms with van der Waals surface area (Å²) in [6, 6.07) is 8.98. The summed E-state index contributed by atoms with van der Waals surface area (Å²) in [7, 11) is 0. The van der Waals surface area contributed by atoms with Gasteiger partial charge in [0, 0.05) is 5.56 Å². The Morgan fingerprint density at radius 2 is 1.92 bits per heavy atom. The second-order valence-corrected chi connectivity index (χ2v) is 2.74. The van der Waals surface area contributed by atoms with Crippen LogP contribution in [0.5, 0.6) is 0 Å². The van der Waals surface area contributed by atoms with Gasteiger partial charge in [0.05, 0.1) is 5.03 Å². The number of Topliss-reactive ketones (excluding diaryl/α,β-unsaturated/α-hetero) is 1. The fourth-order valence-electron chi connectivity index (χ4n) is 0.859. The molecule has 0 aliphatic carbocycles. The minimum absolute atomic E-state index is 0.125. The Bertz CT molecular complexity index is 301. The molecule has 0 N–H and O–H groups in total. The first-order valence-electron chi connectivity index (χ1n) is 3.67. The quantitative estimate of drug-likeness (QED) is 0.505. The van der Waals surface area contributed by atoms with E-state index in [0.29, 0.717) is 5.56 Å². The summed E-state index contributed by atoms with van der Waals surface area (Å²) in [6.07, 6.45) is 1.59. The van der Waals surface area contributed by atoms with Gasteiger partial charge in [0.25, 0.3) is 0 Å². The number of carbonyl (C=O) groups is 1. The lowest BCUT2D eigenvalue weighted by atomic mass is 10.1. The van der Waals surface area contributed by atoms with Crippen LogP contribution in [-0.2, 0) is 0 Å². The summed E-state index contributed by atoms with van der Waals surface area (Å²) >= 11 is 5.66. The predicted octanol–water partition coefficient (Wildman–Crippen LogP) is 3.01. The normalized spacial score (nSPS) is 11.3. The minimum atomic E-state index is -0.125. The van der Waals surface area contributed by atoms with Crippen molar-refractivity contribution in [1.82, 2.24) is 0 Å². The van der Waals surface area contributed by atoms with E-state index in [2.05, 4.69) is 0 Å². The summed E-state index contributed by atoms with van der Waals surface area (Å²) in [5.41, 5.74) is 0.626. The highest BCUT2D eigenvalue weighted by Crippen LogP contribution is 2.10. The maximum atomic E-state index is 11.4. The van der Waals surface area contributed by atoms with Crippen LogP contribution in [0.2, 0.25) is 0 Å². The van der Waals surface area contributed by atoms with Crippen LogP contribution in [0.15, 0.2) is 41.4 Å². The van der Waals surface area contributed by atoms with E-state index < -0.39 is 0 Å². The van der Waals surface area contributed by atoms with Gasteiger partial charge in [-0.2, -0.15) is 0 Å². The highest BCUT2D eigenvalue weighted by molar-refractivity contribution is 6.45. The van der Waals surface area contributed by atoms with Crippen LogP contribution >= 0.6 is 11.6 Å². The van der Waals surface area contributed by atoms with Gasteiger partial charge < -0.3 is 0 Å². The lowest BCUT2D eigenvalue weighted by Crippen LogP contribution is -1.97. The molecule has 0 spiro atoms. The van der Waals surface area contributed by atoms with Gasteiger partial charge in [-0.1, -0.05) is 48.0 Å². The molecule has 1 nitrogen and oxygen atoms in total. The highest BCUT2D eigenvalue weighted by atomic mass is 35.5. The number of carbonyl (C=O) groups excluding carboxylic acids is 1. The van der Waals surface area contributed by atoms with Crippen molar-refractivity contribution in [3.8, 4) is 0 Å². The van der Waals surface area contributed by atoms with Gasteiger partial charge in [-0.25, -0.2) is 0 Å². The molecular weight excluding hydrogens is 172 g/mol. The van der Waals surface area contributed by atoms with Crippen molar-refractivity contribution in [3.05, 3.63) is 47.0 Å². The van der Waals surface area contributed by atoms with Gasteiger partial charge in [-0.05, 0) is 6.92 Å². The Morgan fingerprint density at radius 1 is 1.33 bits per heavy atom. The molecule has 0 saturated carbocycles. The molecule has 0 bridgehead atoms. The van der Waals surface area contributed by atoms with E-state index in [9.17, 15) is 4.79 Å². The van der Waals surface area contributed by atoms with Crippen molar-refractivity contribution in [3.63, 3.8) is 0 Å². The summed E-state index contributed by atoms with van der Waals surface area (Å²) in [5.74, 6) is -0.125. The van der Waals surface area contributed by atoms with Crippen LogP contribution in [0.25, 0.3) is 0 Å². The molecule has 0 aliphatic rings. The van der Waals surface area contributed by atoms with E-state index in [0.717, 1.165) is 0 Å². The largest absolute Gasteiger partial charge is 0.288 e. The number of benzene rings is 1. The van der Waals surface area contributed by atoms with Crippen LogP contribution in [0.4, 0.5) is 0 Å². The molecule has 1 aromatic carbocycles. The zero-order chi connectivity index (χ0) is 8.97. The summed E-state index contributed by atoms with van der Waals surface area (Å²) in [6.45, 7) is 1.74. The molecule has 0 radical (unpaired) electrons. The van der Waals surface area contributed by atoms with E-state index in [4.69, 9.17) is 11.6 Å². The molecule has 0 aromatic heterocycles. The van der Waals surface area contributed by atoms with Gasteiger partial charge in [0.1, 0.15) is 0 Å². The Kier molecular flexibility index (Phi) is 3.06. The van der Waals surface area contributed by atoms with Crippen LogP contribution in [0, 0.1) is 0 Å². The predicted molar refractivity (Wildman–Crippen MR) is 50.4 cm³/mol. The molecular formula is C10H9ClO. The SMILES string of the molecule is CC=C(Cl)C(=O)c1ccccc1. The lowest BCUT2D eigenvalue weighted by Gasteiger charge is -1.96. The molecule has 1 rings (SSSR count). The van der Waals surface area contributed by atoms with Gasteiger partial charge in [0.2, 0.25) is 5.78 Å². The minimum Gasteiger partial charge on any atom is -0.288 e. The standard InChI is InChI=1S/C10H9ClO/c1-2-9(11)10(12)8-6-4-3-5-7-8/h2-7H,1H3. The van der Waals surface area contributed by atoms with E-state index in [-0.39, 0.29) is 10.8 Å². The monoisotopic (exact) mass is 180 g/mol. The smallest absolute Gasteiger partial charge is 0.204 e. The zero-order valence-corrected chi connectivity index (χ0v) is 7.51. The third kappa shape index (κ3) is 1.95. The Labute approximate surface area is 76.7 Å². The van der Waals surface area contributed by atoms with Gasteiger partial charge >= 0.3 is 0 Å². The average Bonchev–Trinajstić information content (AvgIpc) is 2.17. The maximum Gasteiger partial charge on any atom is 0.204 e. The van der Waals surface area contributed by atoms with Crippen LogP contribution in [-0.4, -0.2) is 5.78 Å². The molecule has 0 amide bonds. The first kappa shape index (κ1) is 9.01. The molecule has 62 valence electrons. The maximum absolute atomic E-state index is 11.4. The topological polar surface area (TPSA) is 17.1 Å². The van der Waals surface area contributed by atoms with Gasteiger partial charge in [-0.15, -0.1) is 0 Å². The van der Waals surface area contributed by atoms with E-state index in [1.54, 1.807) is 25.1 Å². The first-order chi connectivity index (χ1) is 5.75. The number of halogens is 1. The Morgan fingerprint density at radius 3 is 2.42 bits per heavy atom. The second-order valence-electron chi connectivity index (χ2n) is 2.33. The van der Waals surface area contributed by atoms with Crippen molar-refractivity contribution >= 4 is 17.4 Å². The molecule has 0 unspecified atom stereocenters. The number of ketones is 1. The Balaban J connectivity index is 2.94. The van der Waals surface area contributed by atoms with E-state index >= 15 is 0 Å². The fraction of sp³-hybridized carbons (Fsp3) is 0.100. The molecule has 0 fully saturated rings. The number of rotatable bonds is 2. The van der Waals surface area contributed by atoms with Crippen molar-refractivity contribution in [1.29, 1.82) is 0 Å². The molecule has 1 aromatic rings. The zero-order valence-electron chi connectivity index (χ0n) is 6.75. The third-order valence-electron chi connectivity index (χ3n) is 1.51. The molecule has 12 heavy (non-hydrogen) atoms. The fourth-order valence-corrected chi connectivity index (χ4v) is 0.968. The first-order valence-corrected chi connectivity index (χ1v) is 4.05. The molecule has 2 heteroatoms. The number of hydrogen-bond donors (Lipinski definition) is 0. The third-order valence-corrected chi connectivity index (χ3v) is 1.90. The van der Waals surface area contributed by atoms with Crippen molar-refractivity contribution < 1.29 is 4.79 Å². The lowest BCUT2D eigenvalue weighted by molar-refractivity contribution is 0.104. The summed E-state index contributed by atoms with van der Waals surface area (Å²) in [4.78, 5) is 11.4.